The maximum absolute atomic E-state index is 12.7. The molecule has 0 aliphatic carbocycles. The lowest BCUT2D eigenvalue weighted by molar-refractivity contribution is 0.102. The van der Waals surface area contributed by atoms with Crippen molar-refractivity contribution in [2.75, 3.05) is 23.3 Å². The van der Waals surface area contributed by atoms with Crippen LogP contribution in [0.25, 0.3) is 0 Å². The Labute approximate surface area is 198 Å². The van der Waals surface area contributed by atoms with Crippen LogP contribution >= 0.6 is 23.2 Å². The smallest absolute Gasteiger partial charge is 0.255 e. The zero-order chi connectivity index (χ0) is 22.7. The van der Waals surface area contributed by atoms with Crippen molar-refractivity contribution in [1.82, 2.24) is 14.5 Å². The summed E-state index contributed by atoms with van der Waals surface area (Å²) in [6, 6.07) is 8.62. The normalized spacial score (nSPS) is 14.6. The number of nitrogens with zero attached hydrogens (tertiary/aromatic N) is 4. The number of pyridine rings is 1. The summed E-state index contributed by atoms with van der Waals surface area (Å²) in [6.45, 7) is 6.87. The number of aryl methyl sites for hydroxylation is 3. The van der Waals surface area contributed by atoms with E-state index in [1.165, 1.54) is 0 Å². The van der Waals surface area contributed by atoms with Crippen LogP contribution in [-0.4, -0.2) is 33.5 Å². The van der Waals surface area contributed by atoms with Crippen LogP contribution < -0.4 is 10.2 Å². The Morgan fingerprint density at radius 2 is 1.94 bits per heavy atom. The molecule has 4 rings (SSSR count). The molecule has 1 aliphatic heterocycles. The minimum atomic E-state index is -0.237. The van der Waals surface area contributed by atoms with Crippen LogP contribution in [0.1, 0.15) is 41.1 Å². The molecule has 1 fully saturated rings. The van der Waals surface area contributed by atoms with E-state index in [0.29, 0.717) is 27.2 Å². The molecule has 168 valence electrons. The summed E-state index contributed by atoms with van der Waals surface area (Å²) in [5.74, 6) is 2.25. The molecule has 0 atom stereocenters. The third kappa shape index (κ3) is 5.43. The molecule has 0 radical (unpaired) electrons. The van der Waals surface area contributed by atoms with E-state index < -0.39 is 0 Å². The number of carbonyl (C=O) groups is 1. The van der Waals surface area contributed by atoms with E-state index in [1.54, 1.807) is 36.5 Å². The van der Waals surface area contributed by atoms with Gasteiger partial charge in [-0.05, 0) is 63.3 Å². The zero-order valence-corrected chi connectivity index (χ0v) is 19.8. The summed E-state index contributed by atoms with van der Waals surface area (Å²) in [4.78, 5) is 24.0. The Bertz CT molecular complexity index is 1110. The number of halogens is 2. The van der Waals surface area contributed by atoms with Gasteiger partial charge in [0.25, 0.3) is 5.91 Å². The van der Waals surface area contributed by atoms with Crippen molar-refractivity contribution in [3.63, 3.8) is 0 Å². The molecule has 0 bridgehead atoms. The van der Waals surface area contributed by atoms with E-state index in [-0.39, 0.29) is 5.91 Å². The summed E-state index contributed by atoms with van der Waals surface area (Å²) in [6.07, 6.45) is 7.05. The number of hydrogen-bond acceptors (Lipinski definition) is 4. The molecule has 32 heavy (non-hydrogen) atoms. The standard InChI is InChI=1S/C24H27Cl2N5O/c1-16-15-31(17(2)28-16)11-8-18-6-9-30(10-7-18)23-22(13-21(26)14-27-23)29-24(32)19-4-3-5-20(25)12-19/h3-5,12-15,18H,6-11H2,1-2H3,(H,29,32). The monoisotopic (exact) mass is 471 g/mol. The fraction of sp³-hybridized carbons (Fsp3) is 0.375. The molecular weight excluding hydrogens is 445 g/mol. The van der Waals surface area contributed by atoms with Gasteiger partial charge in [-0.1, -0.05) is 29.3 Å². The number of carbonyl (C=O) groups excluding carboxylic acids is 1. The van der Waals surface area contributed by atoms with Gasteiger partial charge in [-0.25, -0.2) is 9.97 Å². The van der Waals surface area contributed by atoms with Crippen LogP contribution in [0.5, 0.6) is 0 Å². The lowest BCUT2D eigenvalue weighted by Crippen LogP contribution is -2.35. The Morgan fingerprint density at radius 1 is 1.16 bits per heavy atom. The van der Waals surface area contributed by atoms with E-state index in [1.807, 2.05) is 6.92 Å². The van der Waals surface area contributed by atoms with Gasteiger partial charge in [-0.2, -0.15) is 0 Å². The molecule has 1 N–H and O–H groups in total. The Kier molecular flexibility index (Phi) is 7.01. The SMILES string of the molecule is Cc1cn(CCC2CCN(c3ncc(Cl)cc3NC(=O)c3cccc(Cl)c3)CC2)c(C)n1. The Hall–Kier alpha value is -2.57. The van der Waals surface area contributed by atoms with Crippen LogP contribution in [0.3, 0.4) is 0 Å². The summed E-state index contributed by atoms with van der Waals surface area (Å²) < 4.78 is 2.24. The molecule has 3 aromatic rings. The van der Waals surface area contributed by atoms with Gasteiger partial charge in [0.05, 0.1) is 16.4 Å². The van der Waals surface area contributed by atoms with Gasteiger partial charge in [-0.15, -0.1) is 0 Å². The van der Waals surface area contributed by atoms with Gasteiger partial charge < -0.3 is 14.8 Å². The molecule has 1 aliphatic rings. The molecular formula is C24H27Cl2N5O. The van der Waals surface area contributed by atoms with Crippen LogP contribution in [0.2, 0.25) is 10.0 Å². The highest BCUT2D eigenvalue weighted by Gasteiger charge is 2.23. The fourth-order valence-electron chi connectivity index (χ4n) is 4.25. The largest absolute Gasteiger partial charge is 0.355 e. The first-order chi connectivity index (χ1) is 15.4. The number of hydrogen-bond donors (Lipinski definition) is 1. The zero-order valence-electron chi connectivity index (χ0n) is 18.3. The van der Waals surface area contributed by atoms with E-state index >= 15 is 0 Å². The lowest BCUT2D eigenvalue weighted by Gasteiger charge is -2.34. The molecule has 1 aromatic carbocycles. The van der Waals surface area contributed by atoms with E-state index in [0.717, 1.165) is 56.2 Å². The molecule has 0 unspecified atom stereocenters. The van der Waals surface area contributed by atoms with Gasteiger partial charge in [0.15, 0.2) is 5.82 Å². The maximum Gasteiger partial charge on any atom is 0.255 e. The number of benzene rings is 1. The Balaban J connectivity index is 1.40. The quantitative estimate of drug-likeness (QED) is 0.496. The van der Waals surface area contributed by atoms with Gasteiger partial charge in [0, 0.05) is 42.6 Å². The second kappa shape index (κ2) is 9.92. The molecule has 0 saturated carbocycles. The second-order valence-electron chi connectivity index (χ2n) is 8.33. The maximum atomic E-state index is 12.7. The highest BCUT2D eigenvalue weighted by atomic mass is 35.5. The lowest BCUT2D eigenvalue weighted by atomic mass is 9.93. The highest BCUT2D eigenvalue weighted by molar-refractivity contribution is 6.31. The average Bonchev–Trinajstić information content (AvgIpc) is 3.10. The van der Waals surface area contributed by atoms with Crippen molar-refractivity contribution in [1.29, 1.82) is 0 Å². The van der Waals surface area contributed by atoms with Crippen LogP contribution in [0.4, 0.5) is 11.5 Å². The molecule has 1 saturated heterocycles. The van der Waals surface area contributed by atoms with Crippen molar-refractivity contribution in [2.45, 2.75) is 39.7 Å². The number of piperidine rings is 1. The van der Waals surface area contributed by atoms with E-state index in [2.05, 4.69) is 37.9 Å². The van der Waals surface area contributed by atoms with Gasteiger partial charge in [0.2, 0.25) is 0 Å². The molecule has 2 aromatic heterocycles. The second-order valence-corrected chi connectivity index (χ2v) is 9.20. The topological polar surface area (TPSA) is 63.1 Å². The van der Waals surface area contributed by atoms with Crippen molar-refractivity contribution in [3.8, 4) is 0 Å². The summed E-state index contributed by atoms with van der Waals surface area (Å²) >= 11 is 12.2. The van der Waals surface area contributed by atoms with Gasteiger partial charge >= 0.3 is 0 Å². The molecule has 1 amide bonds. The van der Waals surface area contributed by atoms with Crippen LogP contribution in [0.15, 0.2) is 42.7 Å². The first-order valence-corrected chi connectivity index (χ1v) is 11.6. The van der Waals surface area contributed by atoms with Gasteiger partial charge in [-0.3, -0.25) is 4.79 Å². The van der Waals surface area contributed by atoms with Crippen molar-refractivity contribution in [2.24, 2.45) is 5.92 Å². The van der Waals surface area contributed by atoms with Crippen LogP contribution in [0, 0.1) is 19.8 Å². The number of nitrogens with one attached hydrogen (secondary N) is 1. The summed E-state index contributed by atoms with van der Waals surface area (Å²) in [5.41, 5.74) is 2.18. The predicted molar refractivity (Wildman–Crippen MR) is 130 cm³/mol. The van der Waals surface area contributed by atoms with Crippen molar-refractivity contribution in [3.05, 3.63) is 69.9 Å². The van der Waals surface area contributed by atoms with Crippen LogP contribution in [-0.2, 0) is 6.54 Å². The first kappa shape index (κ1) is 22.6. The number of rotatable bonds is 6. The first-order valence-electron chi connectivity index (χ1n) is 10.9. The number of anilines is 2. The number of imidazole rings is 1. The highest BCUT2D eigenvalue weighted by Crippen LogP contribution is 2.31. The third-order valence-electron chi connectivity index (χ3n) is 5.96. The summed E-state index contributed by atoms with van der Waals surface area (Å²) in [5, 5.41) is 3.96. The third-order valence-corrected chi connectivity index (χ3v) is 6.40. The van der Waals surface area contributed by atoms with E-state index in [4.69, 9.17) is 23.2 Å². The molecule has 3 heterocycles. The van der Waals surface area contributed by atoms with Crippen molar-refractivity contribution < 1.29 is 4.79 Å². The van der Waals surface area contributed by atoms with E-state index in [9.17, 15) is 4.79 Å². The average molecular weight is 472 g/mol. The van der Waals surface area contributed by atoms with Crippen molar-refractivity contribution >= 4 is 40.6 Å². The summed E-state index contributed by atoms with van der Waals surface area (Å²) in [7, 11) is 0. The minimum absolute atomic E-state index is 0.237. The number of amides is 1. The minimum Gasteiger partial charge on any atom is -0.355 e. The van der Waals surface area contributed by atoms with Gasteiger partial charge in [0.1, 0.15) is 5.82 Å². The predicted octanol–water partition coefficient (Wildman–Crippen LogP) is 5.76. The molecule has 6 nitrogen and oxygen atoms in total. The Morgan fingerprint density at radius 3 is 2.62 bits per heavy atom. The molecule has 0 spiro atoms. The number of aromatic nitrogens is 3. The fourth-order valence-corrected chi connectivity index (χ4v) is 4.60. The molecule has 8 heteroatoms.